The fraction of sp³-hybridized carbons (Fsp3) is 0.687. The minimum atomic E-state index is -4.44. The standard InChI is InChI=1S/C67H117N2O7P/c1-6-8-10-12-14-16-18-20-21-22-23-24-25-26-27-28-29-30-31-32-33-34-35-36-37-38-39-40-41-42-43-44-45-46-47-48-50-52-54-56-58-60-66(71)68-64(63-76-77(73,74)75-62-61-69(3,4)5)67(72)65(70)59-57-55-53-51-49-19-17-15-13-11-9-7-2/h8,10,14-17,20-21,23-24,26-27,29-30,32-33,35-36,51,53,64-65,67,70,72H,6-7,9,11-13,18-19,22,25,28,31,34,37-50,52,54-63H2,1-5H3,(H-,68,71,73,74)/p+1/b10-8-,16-14-,17-15+,21-20-,24-23-,27-26-,30-29-,33-32-,36-35-,53-51+. The van der Waals surface area contributed by atoms with Gasteiger partial charge in [0.15, 0.2) is 0 Å². The Balaban J connectivity index is 4.05. The van der Waals surface area contributed by atoms with Crippen molar-refractivity contribution in [1.82, 2.24) is 5.32 Å². The van der Waals surface area contributed by atoms with Gasteiger partial charge in [-0.15, -0.1) is 0 Å². The van der Waals surface area contributed by atoms with E-state index in [-0.39, 0.29) is 18.9 Å². The van der Waals surface area contributed by atoms with Crippen LogP contribution in [0.15, 0.2) is 122 Å². The number of unbranched alkanes of at least 4 members (excludes halogenated alkanes) is 21. The smallest absolute Gasteiger partial charge is 0.390 e. The number of rotatable bonds is 55. The first-order valence-corrected chi connectivity index (χ1v) is 32.5. The Hall–Kier alpha value is -3.14. The maximum Gasteiger partial charge on any atom is 0.472 e. The minimum absolute atomic E-state index is 0.00978. The lowest BCUT2D eigenvalue weighted by Crippen LogP contribution is -2.51. The van der Waals surface area contributed by atoms with Crippen LogP contribution in [-0.4, -0.2) is 84.6 Å². The highest BCUT2D eigenvalue weighted by Crippen LogP contribution is 2.43. The highest BCUT2D eigenvalue weighted by Gasteiger charge is 2.31. The van der Waals surface area contributed by atoms with Gasteiger partial charge in [0.2, 0.25) is 5.91 Å². The number of amides is 1. The summed E-state index contributed by atoms with van der Waals surface area (Å²) in [5.74, 6) is -0.276. The monoisotopic (exact) mass is 1090 g/mol. The van der Waals surface area contributed by atoms with Crippen molar-refractivity contribution >= 4 is 13.7 Å². The van der Waals surface area contributed by atoms with E-state index >= 15 is 0 Å². The van der Waals surface area contributed by atoms with Gasteiger partial charge in [0.1, 0.15) is 19.3 Å². The van der Waals surface area contributed by atoms with Gasteiger partial charge < -0.3 is 24.9 Å². The number of aliphatic hydroxyl groups is 2. The van der Waals surface area contributed by atoms with E-state index in [0.29, 0.717) is 30.3 Å². The van der Waals surface area contributed by atoms with Crippen molar-refractivity contribution in [3.8, 4) is 0 Å². The van der Waals surface area contributed by atoms with Crippen LogP contribution in [0.1, 0.15) is 239 Å². The van der Waals surface area contributed by atoms with Crippen LogP contribution in [-0.2, 0) is 18.4 Å². The van der Waals surface area contributed by atoms with Crippen LogP contribution in [0.4, 0.5) is 0 Å². The first-order valence-electron chi connectivity index (χ1n) is 31.0. The molecule has 442 valence electrons. The summed E-state index contributed by atoms with van der Waals surface area (Å²) in [7, 11) is 1.40. The molecule has 1 amide bonds. The molecule has 4 atom stereocenters. The molecule has 0 saturated carbocycles. The van der Waals surface area contributed by atoms with Crippen LogP contribution in [0.25, 0.3) is 0 Å². The van der Waals surface area contributed by atoms with Gasteiger partial charge in [-0.1, -0.05) is 238 Å². The molecule has 0 aliphatic carbocycles. The number of quaternary nitrogens is 1. The predicted molar refractivity (Wildman–Crippen MR) is 333 cm³/mol. The van der Waals surface area contributed by atoms with Crippen molar-refractivity contribution in [3.63, 3.8) is 0 Å². The van der Waals surface area contributed by atoms with Crippen molar-refractivity contribution < 1.29 is 38.0 Å². The molecule has 4 unspecified atom stereocenters. The topological polar surface area (TPSA) is 125 Å². The third kappa shape index (κ3) is 57.4. The van der Waals surface area contributed by atoms with Crippen LogP contribution < -0.4 is 5.32 Å². The van der Waals surface area contributed by atoms with E-state index < -0.39 is 32.7 Å². The SMILES string of the molecule is CC/C=C\C/C=C\C/C=C\C/C=C\C/C=C\C/C=C\C/C=C\C/C=C\CCCCCCCCCCCCCCCCCCC(=O)NC(COP(=O)(O)OCC[N+](C)(C)C)C(O)C(O)CCC/C=C/CC/C=C/CCCCC. The van der Waals surface area contributed by atoms with Gasteiger partial charge in [-0.2, -0.15) is 0 Å². The first kappa shape index (κ1) is 73.9. The molecule has 0 radical (unpaired) electrons. The number of hydrogen-bond acceptors (Lipinski definition) is 6. The van der Waals surface area contributed by atoms with Crippen molar-refractivity contribution in [3.05, 3.63) is 122 Å². The second-order valence-electron chi connectivity index (χ2n) is 21.8. The lowest BCUT2D eigenvalue weighted by molar-refractivity contribution is -0.870. The molecule has 0 bridgehead atoms. The van der Waals surface area contributed by atoms with Crippen molar-refractivity contribution in [2.75, 3.05) is 40.9 Å². The van der Waals surface area contributed by atoms with E-state index in [1.54, 1.807) is 0 Å². The van der Waals surface area contributed by atoms with Crippen LogP contribution >= 0.6 is 7.82 Å². The van der Waals surface area contributed by atoms with E-state index in [4.69, 9.17) is 9.05 Å². The van der Waals surface area contributed by atoms with Gasteiger partial charge in [0.25, 0.3) is 0 Å². The second kappa shape index (κ2) is 56.1. The van der Waals surface area contributed by atoms with Crippen LogP contribution in [0.2, 0.25) is 0 Å². The molecule has 0 aromatic heterocycles. The molecule has 0 rings (SSSR count). The van der Waals surface area contributed by atoms with Crippen LogP contribution in [0, 0.1) is 0 Å². The van der Waals surface area contributed by atoms with Gasteiger partial charge >= 0.3 is 7.82 Å². The summed E-state index contributed by atoms with van der Waals surface area (Å²) >= 11 is 0. The number of aliphatic hydroxyl groups excluding tert-OH is 2. The largest absolute Gasteiger partial charge is 0.472 e. The minimum Gasteiger partial charge on any atom is -0.390 e. The third-order valence-corrected chi connectivity index (χ3v) is 14.2. The summed E-state index contributed by atoms with van der Waals surface area (Å²) in [5, 5.41) is 24.8. The van der Waals surface area contributed by atoms with Gasteiger partial charge in [0, 0.05) is 6.42 Å². The Morgan fingerprint density at radius 3 is 1.23 bits per heavy atom. The van der Waals surface area contributed by atoms with E-state index in [1.807, 2.05) is 21.1 Å². The molecular formula is C67H118N2O7P+. The van der Waals surface area contributed by atoms with E-state index in [2.05, 4.69) is 141 Å². The quantitative estimate of drug-likeness (QED) is 0.0207. The maximum absolute atomic E-state index is 13.0. The number of nitrogens with one attached hydrogen (secondary N) is 1. The molecule has 9 nitrogen and oxygen atoms in total. The zero-order valence-corrected chi connectivity index (χ0v) is 50.9. The lowest BCUT2D eigenvalue weighted by Gasteiger charge is -2.28. The van der Waals surface area contributed by atoms with Gasteiger partial charge in [-0.25, -0.2) is 4.57 Å². The fourth-order valence-corrected chi connectivity index (χ4v) is 9.15. The Morgan fingerprint density at radius 1 is 0.468 bits per heavy atom. The number of allylic oxidation sites excluding steroid dienone is 20. The van der Waals surface area contributed by atoms with Crippen LogP contribution in [0.5, 0.6) is 0 Å². The molecule has 10 heteroatoms. The van der Waals surface area contributed by atoms with E-state index in [0.717, 1.165) is 96.3 Å². The van der Waals surface area contributed by atoms with Gasteiger partial charge in [-0.3, -0.25) is 13.8 Å². The fourth-order valence-electron chi connectivity index (χ4n) is 8.41. The molecule has 0 heterocycles. The number of phosphoric acid groups is 1. The zero-order valence-electron chi connectivity index (χ0n) is 50.0. The number of likely N-dealkylation sites (N-methyl/N-ethyl adjacent to an activating group) is 1. The van der Waals surface area contributed by atoms with Gasteiger partial charge in [0.05, 0.1) is 39.9 Å². The summed E-state index contributed by atoms with van der Waals surface area (Å²) in [5.41, 5.74) is 0. The normalized spacial score (nSPS) is 15.1. The van der Waals surface area contributed by atoms with E-state index in [9.17, 15) is 24.5 Å². The molecule has 4 N–H and O–H groups in total. The Labute approximate surface area is 474 Å². The van der Waals surface area contributed by atoms with Crippen molar-refractivity contribution in [2.24, 2.45) is 0 Å². The van der Waals surface area contributed by atoms with E-state index in [1.165, 1.54) is 103 Å². The number of phosphoric ester groups is 1. The summed E-state index contributed by atoms with van der Waals surface area (Å²) in [6.07, 6.45) is 80.3. The highest BCUT2D eigenvalue weighted by atomic mass is 31.2. The van der Waals surface area contributed by atoms with Crippen molar-refractivity contribution in [2.45, 2.75) is 257 Å². The molecule has 0 aliphatic heterocycles. The highest BCUT2D eigenvalue weighted by molar-refractivity contribution is 7.47. The van der Waals surface area contributed by atoms with Gasteiger partial charge in [-0.05, 0) is 116 Å². The summed E-state index contributed by atoms with van der Waals surface area (Å²) in [6.45, 7) is 4.42. The predicted octanol–water partition coefficient (Wildman–Crippen LogP) is 18.3. The number of hydrogen-bond donors (Lipinski definition) is 4. The summed E-state index contributed by atoms with van der Waals surface area (Å²) in [4.78, 5) is 23.3. The number of carbonyl (C=O) groups excluding carboxylic acids is 1. The van der Waals surface area contributed by atoms with Crippen LogP contribution in [0.3, 0.4) is 0 Å². The Bertz CT molecular complexity index is 1690. The molecular weight excluding hydrogens is 976 g/mol. The Kier molecular flexibility index (Phi) is 53.9. The third-order valence-electron chi connectivity index (χ3n) is 13.3. The molecule has 0 spiro atoms. The average Bonchev–Trinajstić information content (AvgIpc) is 3.39. The summed E-state index contributed by atoms with van der Waals surface area (Å²) < 4.78 is 23.6. The molecule has 0 fully saturated rings. The number of carbonyl (C=O) groups is 1. The lowest BCUT2D eigenvalue weighted by atomic mass is 10.0. The molecule has 0 aromatic carbocycles. The summed E-state index contributed by atoms with van der Waals surface area (Å²) in [6, 6.07) is -1.06. The Morgan fingerprint density at radius 2 is 0.818 bits per heavy atom. The molecule has 77 heavy (non-hydrogen) atoms. The molecule has 0 aromatic rings. The number of nitrogens with zero attached hydrogens (tertiary/aromatic N) is 1. The van der Waals surface area contributed by atoms with Crippen molar-refractivity contribution in [1.29, 1.82) is 0 Å². The maximum atomic E-state index is 13.0. The zero-order chi connectivity index (χ0) is 56.4. The average molecular weight is 1090 g/mol. The molecule has 0 aliphatic rings. The first-order chi connectivity index (χ1) is 37.4. The molecule has 0 saturated heterocycles. The second-order valence-corrected chi connectivity index (χ2v) is 23.3.